The van der Waals surface area contributed by atoms with Crippen LogP contribution < -0.4 is 17.3 Å². The molecule has 1 aliphatic rings. The molecule has 2 aromatic carbocycles. The van der Waals surface area contributed by atoms with Crippen molar-refractivity contribution < 1.29 is 4.84 Å². The molecule has 0 radical (unpaired) electrons. The van der Waals surface area contributed by atoms with Gasteiger partial charge < -0.3 is 20.5 Å². The number of nitrogens with one attached hydrogen (secondary N) is 2. The van der Waals surface area contributed by atoms with E-state index >= 15 is 0 Å². The summed E-state index contributed by atoms with van der Waals surface area (Å²) >= 11 is 0. The Kier molecular flexibility index (Phi) is 7.62. The predicted octanol–water partition coefficient (Wildman–Crippen LogP) is 4.21. The monoisotopic (exact) mass is 462 g/mol. The van der Waals surface area contributed by atoms with Crippen molar-refractivity contribution in [3.8, 4) is 22.5 Å². The van der Waals surface area contributed by atoms with Gasteiger partial charge in [0.25, 0.3) is 0 Å². The molecular formula is C26H34N6O2. The zero-order valence-electron chi connectivity index (χ0n) is 19.9. The molecule has 1 fully saturated rings. The maximum absolute atomic E-state index is 12.8. The number of aromatic amines is 2. The average molecular weight is 463 g/mol. The zero-order valence-corrected chi connectivity index (χ0v) is 19.9. The van der Waals surface area contributed by atoms with E-state index in [0.717, 1.165) is 52.2 Å². The van der Waals surface area contributed by atoms with Crippen molar-refractivity contribution in [1.82, 2.24) is 19.5 Å². The Bertz CT molecular complexity index is 1300. The largest absolute Gasteiger partial charge is 0.341 e. The molecule has 6 N–H and O–H groups in total. The smallest absolute Gasteiger partial charge is 0.326 e. The molecule has 0 aliphatic heterocycles. The second kappa shape index (κ2) is 10.8. The van der Waals surface area contributed by atoms with Gasteiger partial charge in [-0.3, -0.25) is 4.57 Å². The maximum atomic E-state index is 12.8. The van der Waals surface area contributed by atoms with E-state index in [1.165, 1.54) is 31.9 Å². The van der Waals surface area contributed by atoms with Crippen LogP contribution in [0.25, 0.3) is 33.5 Å². The fourth-order valence-electron chi connectivity index (χ4n) is 4.89. The van der Waals surface area contributed by atoms with Gasteiger partial charge in [-0.25, -0.2) is 15.7 Å². The molecule has 0 unspecified atom stereocenters. The Labute approximate surface area is 199 Å². The number of rotatable bonds is 6. The van der Waals surface area contributed by atoms with Crippen LogP contribution in [-0.4, -0.2) is 33.2 Å². The average Bonchev–Trinajstić information content (AvgIpc) is 3.44. The van der Waals surface area contributed by atoms with Crippen LogP contribution in [0.1, 0.15) is 49.5 Å². The highest BCUT2D eigenvalue weighted by molar-refractivity contribution is 5.86. The van der Waals surface area contributed by atoms with Gasteiger partial charge >= 0.3 is 5.69 Å². The van der Waals surface area contributed by atoms with Gasteiger partial charge in [-0.15, -0.1) is 0 Å². The number of aryl methyl sites for hydroxylation is 1. The van der Waals surface area contributed by atoms with Crippen molar-refractivity contribution in [1.29, 1.82) is 0 Å². The third-order valence-electron chi connectivity index (χ3n) is 6.45. The van der Waals surface area contributed by atoms with E-state index < -0.39 is 0 Å². The summed E-state index contributed by atoms with van der Waals surface area (Å²) in [5.41, 5.74) is 11.3. The first-order valence-electron chi connectivity index (χ1n) is 11.9. The molecule has 8 heteroatoms. The summed E-state index contributed by atoms with van der Waals surface area (Å²) in [6.45, 7) is 2.46. The van der Waals surface area contributed by atoms with Crippen LogP contribution in [0.15, 0.2) is 47.3 Å². The second-order valence-electron chi connectivity index (χ2n) is 8.72. The highest BCUT2D eigenvalue weighted by Gasteiger charge is 2.21. The molecule has 0 atom stereocenters. The molecule has 34 heavy (non-hydrogen) atoms. The van der Waals surface area contributed by atoms with E-state index in [1.807, 2.05) is 16.7 Å². The van der Waals surface area contributed by atoms with Crippen molar-refractivity contribution in [3.63, 3.8) is 0 Å². The van der Waals surface area contributed by atoms with Crippen LogP contribution >= 0.6 is 0 Å². The molecule has 1 saturated carbocycles. The van der Waals surface area contributed by atoms with Gasteiger partial charge in [0.2, 0.25) is 0 Å². The molecule has 2 aromatic heterocycles. The van der Waals surface area contributed by atoms with Crippen LogP contribution in [0, 0.1) is 6.92 Å². The third-order valence-corrected chi connectivity index (χ3v) is 6.45. The molecule has 0 saturated heterocycles. The van der Waals surface area contributed by atoms with Crippen molar-refractivity contribution >= 4 is 11.0 Å². The highest BCUT2D eigenvalue weighted by Crippen LogP contribution is 2.34. The van der Waals surface area contributed by atoms with Gasteiger partial charge in [0.1, 0.15) is 5.82 Å². The van der Waals surface area contributed by atoms with Gasteiger partial charge in [-0.2, -0.15) is 0 Å². The van der Waals surface area contributed by atoms with Crippen molar-refractivity contribution in [2.75, 3.05) is 13.7 Å². The Balaban J connectivity index is 0.00000133. The lowest BCUT2D eigenvalue weighted by Gasteiger charge is -2.22. The van der Waals surface area contributed by atoms with Crippen molar-refractivity contribution in [2.24, 2.45) is 11.6 Å². The highest BCUT2D eigenvalue weighted by atomic mass is 16.6. The third kappa shape index (κ3) is 4.84. The minimum Gasteiger partial charge on any atom is -0.341 e. The number of benzene rings is 2. The van der Waals surface area contributed by atoms with E-state index in [4.69, 9.17) is 15.7 Å². The minimum atomic E-state index is -0.0200. The van der Waals surface area contributed by atoms with Gasteiger partial charge in [0.15, 0.2) is 0 Å². The van der Waals surface area contributed by atoms with E-state index in [2.05, 4.69) is 53.0 Å². The molecule has 5 rings (SSSR count). The number of nitrogens with two attached hydrogens (primary N) is 2. The van der Waals surface area contributed by atoms with Crippen LogP contribution in [0.3, 0.4) is 0 Å². The van der Waals surface area contributed by atoms with Crippen LogP contribution in [0.2, 0.25) is 0 Å². The molecule has 0 spiro atoms. The molecule has 2 heterocycles. The molecule has 0 bridgehead atoms. The number of hydrogen-bond donors (Lipinski definition) is 4. The number of hydrogen-bond acceptors (Lipinski definition) is 5. The topological polar surface area (TPSA) is 128 Å². The fraction of sp³-hybridized carbons (Fsp3) is 0.385. The second-order valence-corrected chi connectivity index (χ2v) is 8.72. The summed E-state index contributed by atoms with van der Waals surface area (Å²) < 4.78 is 1.96. The van der Waals surface area contributed by atoms with Crippen LogP contribution in [-0.2, 0) is 11.3 Å². The summed E-state index contributed by atoms with van der Waals surface area (Å²) in [7, 11) is 1.50. The lowest BCUT2D eigenvalue weighted by atomic mass is 9.95. The number of fused-ring (bicyclic) bond motifs is 1. The summed E-state index contributed by atoms with van der Waals surface area (Å²) in [4.78, 5) is 28.9. The summed E-state index contributed by atoms with van der Waals surface area (Å²) in [5, 5.41) is 0. The summed E-state index contributed by atoms with van der Waals surface area (Å²) in [5.74, 6) is 6.04. The van der Waals surface area contributed by atoms with Gasteiger partial charge in [-0.1, -0.05) is 49.1 Å². The van der Waals surface area contributed by atoms with E-state index in [-0.39, 0.29) is 11.7 Å². The Hall–Kier alpha value is -3.20. The SMILES string of the molecule is CN.Cc1cccc(-c2nc(CCON)[nH]c2-c2ccc3c(c2)[nH]c(=O)n3C2CCCCC2)c1. The summed E-state index contributed by atoms with van der Waals surface area (Å²) in [6, 6.07) is 14.8. The minimum absolute atomic E-state index is 0.0200. The normalized spacial score (nSPS) is 14.2. The van der Waals surface area contributed by atoms with E-state index in [0.29, 0.717) is 13.0 Å². The maximum Gasteiger partial charge on any atom is 0.326 e. The van der Waals surface area contributed by atoms with Gasteiger partial charge in [0, 0.05) is 23.6 Å². The number of H-pyrrole nitrogens is 2. The molecule has 1 aliphatic carbocycles. The van der Waals surface area contributed by atoms with Crippen LogP contribution in [0.5, 0.6) is 0 Å². The number of imidazole rings is 2. The molecular weight excluding hydrogens is 428 g/mol. The lowest BCUT2D eigenvalue weighted by Crippen LogP contribution is -2.23. The van der Waals surface area contributed by atoms with E-state index in [9.17, 15) is 4.79 Å². The number of aromatic nitrogens is 4. The first-order valence-corrected chi connectivity index (χ1v) is 11.9. The van der Waals surface area contributed by atoms with Gasteiger partial charge in [-0.05, 0) is 45.0 Å². The Morgan fingerprint density at radius 3 is 2.59 bits per heavy atom. The Morgan fingerprint density at radius 2 is 1.85 bits per heavy atom. The first-order chi connectivity index (χ1) is 16.6. The van der Waals surface area contributed by atoms with Gasteiger partial charge in [0.05, 0.1) is 29.0 Å². The Morgan fingerprint density at radius 1 is 1.06 bits per heavy atom. The molecule has 4 aromatic rings. The quantitative estimate of drug-likeness (QED) is 0.319. The molecule has 180 valence electrons. The number of nitrogens with zero attached hydrogens (tertiary/aromatic N) is 2. The molecule has 0 amide bonds. The van der Waals surface area contributed by atoms with Crippen LogP contribution in [0.4, 0.5) is 0 Å². The van der Waals surface area contributed by atoms with E-state index in [1.54, 1.807) is 0 Å². The summed E-state index contributed by atoms with van der Waals surface area (Å²) in [6.07, 6.45) is 6.36. The first kappa shape index (κ1) is 23.9. The molecule has 8 nitrogen and oxygen atoms in total. The zero-order chi connectivity index (χ0) is 24.1. The standard InChI is InChI=1S/C25H29N5O2.CH5N/c1-16-6-5-7-17(14-16)23-24(29-22(28-23)12-13-32-26)18-10-11-21-20(15-18)27-25(31)30(21)19-8-3-2-4-9-19;1-2/h5-7,10-11,14-15,19H,2-4,8-9,12-13,26H2,1H3,(H,27,31)(H,28,29);2H2,1H3. The van der Waals surface area contributed by atoms with Crippen molar-refractivity contribution in [2.45, 2.75) is 51.5 Å². The fourth-order valence-corrected chi connectivity index (χ4v) is 4.89. The predicted molar refractivity (Wildman–Crippen MR) is 136 cm³/mol. The lowest BCUT2D eigenvalue weighted by molar-refractivity contribution is 0.140. The van der Waals surface area contributed by atoms with Crippen molar-refractivity contribution in [3.05, 3.63) is 64.3 Å².